The number of likely N-dealkylation sites (tertiary alicyclic amines) is 1. The number of quaternary nitrogens is 1. The van der Waals surface area contributed by atoms with Gasteiger partial charge < -0.3 is 14.7 Å². The maximum absolute atomic E-state index is 11.5. The predicted molar refractivity (Wildman–Crippen MR) is 80.4 cm³/mol. The van der Waals surface area contributed by atoms with Crippen LogP contribution in [0.1, 0.15) is 33.1 Å². The second-order valence-corrected chi connectivity index (χ2v) is 6.41. The summed E-state index contributed by atoms with van der Waals surface area (Å²) in [5.74, 6) is -2.36. The van der Waals surface area contributed by atoms with Gasteiger partial charge in [-0.05, 0) is 12.8 Å². The molecule has 1 unspecified atom stereocenters. The van der Waals surface area contributed by atoms with E-state index < -0.39 is 17.4 Å². The van der Waals surface area contributed by atoms with Crippen LogP contribution in [-0.2, 0) is 9.59 Å². The summed E-state index contributed by atoms with van der Waals surface area (Å²) in [7, 11) is 0. The SMILES string of the molecule is CCC[N+]1(CCC)CC(C(=O)O)(C(=O)O)CC1CI. The zero-order valence-corrected chi connectivity index (χ0v) is 13.7. The van der Waals surface area contributed by atoms with Gasteiger partial charge in [-0.15, -0.1) is 0 Å². The Morgan fingerprint density at radius 1 is 1.21 bits per heavy atom. The number of alkyl halides is 1. The zero-order chi connectivity index (χ0) is 14.7. The average Bonchev–Trinajstić information content (AvgIpc) is 2.66. The van der Waals surface area contributed by atoms with Crippen LogP contribution in [0.25, 0.3) is 0 Å². The van der Waals surface area contributed by atoms with Gasteiger partial charge in [-0.25, -0.2) is 0 Å². The molecule has 1 aliphatic heterocycles. The van der Waals surface area contributed by atoms with Crippen LogP contribution in [0.4, 0.5) is 0 Å². The van der Waals surface area contributed by atoms with Gasteiger partial charge in [0.1, 0.15) is 12.6 Å². The molecule has 1 rings (SSSR count). The molecule has 1 atom stereocenters. The average molecular weight is 384 g/mol. The zero-order valence-electron chi connectivity index (χ0n) is 11.6. The fourth-order valence-electron chi connectivity index (χ4n) is 3.46. The van der Waals surface area contributed by atoms with E-state index in [2.05, 4.69) is 36.4 Å². The molecule has 0 aromatic heterocycles. The Morgan fingerprint density at radius 3 is 2.00 bits per heavy atom. The van der Waals surface area contributed by atoms with E-state index in [0.29, 0.717) is 4.48 Å². The van der Waals surface area contributed by atoms with Gasteiger partial charge in [0.2, 0.25) is 5.41 Å². The summed E-state index contributed by atoms with van der Waals surface area (Å²) in [6.45, 7) is 6.10. The van der Waals surface area contributed by atoms with Crippen LogP contribution >= 0.6 is 22.6 Å². The molecule has 0 aliphatic carbocycles. The van der Waals surface area contributed by atoms with Gasteiger partial charge in [-0.1, -0.05) is 36.4 Å². The molecule has 19 heavy (non-hydrogen) atoms. The molecule has 0 aromatic rings. The Labute approximate surface area is 127 Å². The van der Waals surface area contributed by atoms with E-state index in [1.807, 2.05) is 0 Å². The lowest BCUT2D eigenvalue weighted by atomic mass is 9.86. The van der Waals surface area contributed by atoms with Gasteiger partial charge in [0, 0.05) is 6.42 Å². The Hall–Kier alpha value is -0.370. The third-order valence-corrected chi connectivity index (χ3v) is 5.29. The van der Waals surface area contributed by atoms with Crippen LogP contribution in [0.2, 0.25) is 0 Å². The number of hydrogen-bond donors (Lipinski definition) is 2. The topological polar surface area (TPSA) is 74.6 Å². The van der Waals surface area contributed by atoms with Crippen molar-refractivity contribution >= 4 is 34.5 Å². The number of hydrogen-bond acceptors (Lipinski definition) is 2. The molecule has 1 aliphatic rings. The number of carboxylic acid groups (broad SMARTS) is 2. The van der Waals surface area contributed by atoms with Gasteiger partial charge in [0.05, 0.1) is 17.5 Å². The number of carbonyl (C=O) groups is 2. The van der Waals surface area contributed by atoms with Crippen molar-refractivity contribution < 1.29 is 24.3 Å². The molecule has 0 radical (unpaired) electrons. The Bertz CT molecular complexity index is 339. The molecule has 110 valence electrons. The molecule has 2 N–H and O–H groups in total. The second-order valence-electron chi connectivity index (χ2n) is 5.53. The lowest BCUT2D eigenvalue weighted by molar-refractivity contribution is -0.938. The molecule has 0 saturated carbocycles. The van der Waals surface area contributed by atoms with Gasteiger partial charge >= 0.3 is 11.9 Å². The van der Waals surface area contributed by atoms with Crippen molar-refractivity contribution in [1.82, 2.24) is 0 Å². The van der Waals surface area contributed by atoms with Crippen LogP contribution in [0.5, 0.6) is 0 Å². The first-order chi connectivity index (χ1) is 8.88. The highest BCUT2D eigenvalue weighted by Crippen LogP contribution is 2.42. The summed E-state index contributed by atoms with van der Waals surface area (Å²) in [5.41, 5.74) is -1.60. The van der Waals surface area contributed by atoms with E-state index in [0.717, 1.165) is 30.4 Å². The van der Waals surface area contributed by atoms with Gasteiger partial charge in [-0.2, -0.15) is 0 Å². The van der Waals surface area contributed by atoms with E-state index in [9.17, 15) is 19.8 Å². The van der Waals surface area contributed by atoms with E-state index in [1.165, 1.54) is 0 Å². The van der Waals surface area contributed by atoms with Crippen molar-refractivity contribution in [3.8, 4) is 0 Å². The summed E-state index contributed by atoms with van der Waals surface area (Å²) in [5, 5.41) is 18.8. The molecule has 0 amide bonds. The summed E-state index contributed by atoms with van der Waals surface area (Å²) in [4.78, 5) is 23.1. The van der Waals surface area contributed by atoms with E-state index in [1.54, 1.807) is 0 Å². The van der Waals surface area contributed by atoms with Crippen molar-refractivity contribution in [2.45, 2.75) is 39.2 Å². The molecule has 1 saturated heterocycles. The van der Waals surface area contributed by atoms with Crippen LogP contribution in [0.15, 0.2) is 0 Å². The molecule has 0 bridgehead atoms. The highest BCUT2D eigenvalue weighted by atomic mass is 127. The standard InChI is InChI=1S/C13H22INO4/c1-3-5-15(6-4-2)9-13(11(16)17,12(18)19)7-10(15)8-14/h10H,3-9H2,1-2H3,(H-,16,17,18,19)/p+1. The molecule has 0 spiro atoms. The van der Waals surface area contributed by atoms with Crippen molar-refractivity contribution in [2.75, 3.05) is 24.1 Å². The van der Waals surface area contributed by atoms with Crippen molar-refractivity contribution in [2.24, 2.45) is 5.41 Å². The molecule has 0 aromatic carbocycles. The summed E-state index contributed by atoms with van der Waals surface area (Å²) in [6, 6.07) is 0.132. The van der Waals surface area contributed by atoms with Crippen molar-refractivity contribution in [1.29, 1.82) is 0 Å². The number of halogens is 1. The van der Waals surface area contributed by atoms with Crippen LogP contribution in [0.3, 0.4) is 0 Å². The normalized spacial score (nSPS) is 24.3. The first-order valence-electron chi connectivity index (χ1n) is 6.77. The van der Waals surface area contributed by atoms with Crippen LogP contribution in [0, 0.1) is 5.41 Å². The molecule has 6 heteroatoms. The minimum atomic E-state index is -1.60. The lowest BCUT2D eigenvalue weighted by Crippen LogP contribution is -2.55. The van der Waals surface area contributed by atoms with Crippen LogP contribution < -0.4 is 0 Å². The Kier molecular flexibility index (Phi) is 5.61. The maximum Gasteiger partial charge on any atom is 0.327 e. The molecular formula is C13H23INO4+. The lowest BCUT2D eigenvalue weighted by Gasteiger charge is -2.39. The van der Waals surface area contributed by atoms with Gasteiger partial charge in [-0.3, -0.25) is 9.59 Å². The molecule has 5 nitrogen and oxygen atoms in total. The fourth-order valence-corrected chi connectivity index (χ4v) is 4.60. The number of aliphatic carboxylic acids is 2. The highest BCUT2D eigenvalue weighted by Gasteiger charge is 2.62. The fraction of sp³-hybridized carbons (Fsp3) is 0.846. The largest absolute Gasteiger partial charge is 0.480 e. The maximum atomic E-state index is 11.5. The first kappa shape index (κ1) is 16.7. The summed E-state index contributed by atoms with van der Waals surface area (Å²) < 4.78 is 1.45. The van der Waals surface area contributed by atoms with Crippen molar-refractivity contribution in [3.63, 3.8) is 0 Å². The van der Waals surface area contributed by atoms with Crippen LogP contribution in [-0.4, -0.2) is 56.7 Å². The molecule has 1 heterocycles. The first-order valence-corrected chi connectivity index (χ1v) is 8.29. The Balaban J connectivity index is 3.19. The van der Waals surface area contributed by atoms with Crippen molar-refractivity contribution in [3.05, 3.63) is 0 Å². The summed E-state index contributed by atoms with van der Waals surface area (Å²) in [6.07, 6.45) is 2.14. The predicted octanol–water partition coefficient (Wildman–Crippen LogP) is 1.99. The molecule has 1 fully saturated rings. The van der Waals surface area contributed by atoms with E-state index in [4.69, 9.17) is 0 Å². The highest BCUT2D eigenvalue weighted by molar-refractivity contribution is 14.1. The second kappa shape index (κ2) is 6.39. The third kappa shape index (κ3) is 2.89. The van der Waals surface area contributed by atoms with Gasteiger partial charge in [0.15, 0.2) is 0 Å². The molecular weight excluding hydrogens is 361 g/mol. The van der Waals surface area contributed by atoms with Gasteiger partial charge in [0.25, 0.3) is 0 Å². The monoisotopic (exact) mass is 384 g/mol. The summed E-state index contributed by atoms with van der Waals surface area (Å²) >= 11 is 2.26. The van der Waals surface area contributed by atoms with E-state index in [-0.39, 0.29) is 19.0 Å². The minimum absolute atomic E-state index is 0.132. The Morgan fingerprint density at radius 2 is 1.68 bits per heavy atom. The smallest absolute Gasteiger partial charge is 0.327 e. The third-order valence-electron chi connectivity index (χ3n) is 4.28. The number of nitrogens with zero attached hydrogens (tertiary/aromatic N) is 1. The number of rotatable bonds is 7. The number of carboxylic acids is 2. The quantitative estimate of drug-likeness (QED) is 0.305. The van der Waals surface area contributed by atoms with E-state index >= 15 is 0 Å². The minimum Gasteiger partial charge on any atom is -0.480 e.